The van der Waals surface area contributed by atoms with E-state index in [4.69, 9.17) is 4.98 Å². The number of piperidine rings is 1. The van der Waals surface area contributed by atoms with Crippen LogP contribution in [0.3, 0.4) is 0 Å². The van der Waals surface area contributed by atoms with Gasteiger partial charge in [-0.25, -0.2) is 9.67 Å². The Labute approximate surface area is 175 Å². The maximum absolute atomic E-state index is 12.9. The molecule has 1 aliphatic heterocycles. The van der Waals surface area contributed by atoms with E-state index in [1.807, 2.05) is 36.5 Å². The lowest BCUT2D eigenvalue weighted by molar-refractivity contribution is -0.121. The van der Waals surface area contributed by atoms with Gasteiger partial charge in [-0.2, -0.15) is 5.10 Å². The van der Waals surface area contributed by atoms with Crippen LogP contribution in [-0.4, -0.2) is 38.7 Å². The Bertz CT molecular complexity index is 950. The van der Waals surface area contributed by atoms with Crippen molar-refractivity contribution in [2.45, 2.75) is 39.2 Å². The molecular weight excluding hydrogens is 382 g/mol. The fourth-order valence-corrected chi connectivity index (χ4v) is 4.66. The quantitative estimate of drug-likeness (QED) is 0.659. The van der Waals surface area contributed by atoms with Crippen molar-refractivity contribution in [2.24, 2.45) is 5.92 Å². The summed E-state index contributed by atoms with van der Waals surface area (Å²) in [6.07, 6.45) is 5.60. The van der Waals surface area contributed by atoms with Gasteiger partial charge in [0.1, 0.15) is 5.01 Å². The number of carbonyl (C=O) groups excluding carboxylic acids is 1. The van der Waals surface area contributed by atoms with Crippen molar-refractivity contribution >= 4 is 22.9 Å². The maximum Gasteiger partial charge on any atom is 0.228 e. The van der Waals surface area contributed by atoms with Gasteiger partial charge < -0.3 is 5.32 Å². The van der Waals surface area contributed by atoms with E-state index < -0.39 is 0 Å². The van der Waals surface area contributed by atoms with Gasteiger partial charge in [0.25, 0.3) is 0 Å². The molecule has 152 valence electrons. The summed E-state index contributed by atoms with van der Waals surface area (Å²) in [6.45, 7) is 6.97. The molecule has 0 saturated carbocycles. The van der Waals surface area contributed by atoms with Crippen LogP contribution in [0.5, 0.6) is 0 Å². The smallest absolute Gasteiger partial charge is 0.228 e. The summed E-state index contributed by atoms with van der Waals surface area (Å²) in [5.74, 6) is 0.549. The zero-order valence-electron chi connectivity index (χ0n) is 16.9. The second-order valence-electron chi connectivity index (χ2n) is 7.89. The van der Waals surface area contributed by atoms with E-state index in [1.165, 1.54) is 0 Å². The van der Waals surface area contributed by atoms with Crippen molar-refractivity contribution in [3.63, 3.8) is 0 Å². The average molecular weight is 410 g/mol. The van der Waals surface area contributed by atoms with E-state index in [0.29, 0.717) is 5.92 Å². The summed E-state index contributed by atoms with van der Waals surface area (Å²) < 4.78 is 1.79. The van der Waals surface area contributed by atoms with Crippen molar-refractivity contribution in [2.75, 3.05) is 18.4 Å². The van der Waals surface area contributed by atoms with Gasteiger partial charge in [0.2, 0.25) is 5.91 Å². The van der Waals surface area contributed by atoms with E-state index in [9.17, 15) is 4.79 Å². The van der Waals surface area contributed by atoms with E-state index in [1.54, 1.807) is 22.2 Å². The molecule has 29 heavy (non-hydrogen) atoms. The lowest BCUT2D eigenvalue weighted by atomic mass is 9.97. The number of nitrogens with zero attached hydrogens (tertiary/aromatic N) is 4. The standard InChI is InChI=1S/C22H27N5OS/c1-16(2)20-15-29-21(25-20)14-26-10-4-6-17(13-26)22(28)24-18-7-3-8-19(12-18)27-11-5-9-23-27/h3,5,7-9,11-12,15-17H,4,6,10,13-14H2,1-2H3,(H,24,28). The number of hydrogen-bond donors (Lipinski definition) is 1. The molecule has 4 rings (SSSR count). The van der Waals surface area contributed by atoms with Crippen LogP contribution >= 0.6 is 11.3 Å². The van der Waals surface area contributed by atoms with Crippen molar-refractivity contribution in [1.29, 1.82) is 0 Å². The number of likely N-dealkylation sites (tertiary alicyclic amines) is 1. The molecule has 3 heterocycles. The Balaban J connectivity index is 1.37. The van der Waals surface area contributed by atoms with Crippen LogP contribution in [-0.2, 0) is 11.3 Å². The van der Waals surface area contributed by atoms with Gasteiger partial charge in [-0.05, 0) is 49.6 Å². The van der Waals surface area contributed by atoms with E-state index in [2.05, 4.69) is 34.5 Å². The number of carbonyl (C=O) groups is 1. The minimum Gasteiger partial charge on any atom is -0.326 e. The number of aromatic nitrogens is 3. The first kappa shape index (κ1) is 19.8. The number of amides is 1. The summed E-state index contributed by atoms with van der Waals surface area (Å²) in [6, 6.07) is 9.68. The summed E-state index contributed by atoms with van der Waals surface area (Å²) in [4.78, 5) is 20.0. The molecule has 0 aliphatic carbocycles. The largest absolute Gasteiger partial charge is 0.326 e. The topological polar surface area (TPSA) is 63.1 Å². The number of thiazole rings is 1. The number of hydrogen-bond acceptors (Lipinski definition) is 5. The molecule has 0 spiro atoms. The molecule has 1 saturated heterocycles. The molecule has 0 radical (unpaired) electrons. The molecule has 7 heteroatoms. The van der Waals surface area contributed by atoms with Crippen molar-refractivity contribution < 1.29 is 4.79 Å². The molecule has 6 nitrogen and oxygen atoms in total. The molecule has 1 atom stereocenters. The van der Waals surface area contributed by atoms with Crippen LogP contribution in [0.4, 0.5) is 5.69 Å². The molecule has 1 unspecified atom stereocenters. The highest BCUT2D eigenvalue weighted by atomic mass is 32.1. The molecular formula is C22H27N5OS. The highest BCUT2D eigenvalue weighted by Gasteiger charge is 2.26. The summed E-state index contributed by atoms with van der Waals surface area (Å²) >= 11 is 1.72. The predicted octanol–water partition coefficient (Wildman–Crippen LogP) is 4.30. The van der Waals surface area contributed by atoms with Crippen LogP contribution in [0.15, 0.2) is 48.1 Å². The molecule has 1 aromatic carbocycles. The third-order valence-corrected chi connectivity index (χ3v) is 6.13. The predicted molar refractivity (Wildman–Crippen MR) is 116 cm³/mol. The van der Waals surface area contributed by atoms with Gasteiger partial charge in [0.15, 0.2) is 0 Å². The number of rotatable bonds is 6. The van der Waals surface area contributed by atoms with Crippen molar-refractivity contribution in [3.05, 3.63) is 58.8 Å². The van der Waals surface area contributed by atoms with Gasteiger partial charge in [-0.3, -0.25) is 9.69 Å². The third-order valence-electron chi connectivity index (χ3n) is 5.28. The van der Waals surface area contributed by atoms with Crippen molar-refractivity contribution in [1.82, 2.24) is 19.7 Å². The van der Waals surface area contributed by atoms with Crippen LogP contribution in [0.2, 0.25) is 0 Å². The fraction of sp³-hybridized carbons (Fsp3) is 0.409. The Kier molecular flexibility index (Phi) is 6.06. The Morgan fingerprint density at radius 1 is 1.34 bits per heavy atom. The normalized spacial score (nSPS) is 17.6. The van der Waals surface area contributed by atoms with Gasteiger partial charge in [0, 0.05) is 30.0 Å². The van der Waals surface area contributed by atoms with Gasteiger partial charge in [-0.1, -0.05) is 19.9 Å². The molecule has 1 amide bonds. The highest BCUT2D eigenvalue weighted by Crippen LogP contribution is 2.24. The third kappa shape index (κ3) is 4.92. The van der Waals surface area contributed by atoms with E-state index >= 15 is 0 Å². The van der Waals surface area contributed by atoms with Gasteiger partial charge >= 0.3 is 0 Å². The average Bonchev–Trinajstić information content (AvgIpc) is 3.41. The number of benzene rings is 1. The lowest BCUT2D eigenvalue weighted by Gasteiger charge is -2.31. The maximum atomic E-state index is 12.9. The first-order valence-corrected chi connectivity index (χ1v) is 11.0. The minimum absolute atomic E-state index is 0.00152. The highest BCUT2D eigenvalue weighted by molar-refractivity contribution is 7.09. The number of nitrogens with one attached hydrogen (secondary N) is 1. The molecule has 1 fully saturated rings. The summed E-state index contributed by atoms with van der Waals surface area (Å²) in [5, 5.41) is 10.6. The monoisotopic (exact) mass is 409 g/mol. The van der Waals surface area contributed by atoms with E-state index in [-0.39, 0.29) is 11.8 Å². The number of anilines is 1. The molecule has 0 bridgehead atoms. The second-order valence-corrected chi connectivity index (χ2v) is 8.83. The Morgan fingerprint density at radius 2 is 2.24 bits per heavy atom. The van der Waals surface area contributed by atoms with Crippen LogP contribution < -0.4 is 5.32 Å². The molecule has 3 aromatic rings. The molecule has 1 N–H and O–H groups in total. The zero-order valence-corrected chi connectivity index (χ0v) is 17.7. The molecule has 2 aromatic heterocycles. The van der Waals surface area contributed by atoms with Crippen LogP contribution in [0.1, 0.15) is 43.3 Å². The summed E-state index contributed by atoms with van der Waals surface area (Å²) in [5.41, 5.74) is 2.90. The van der Waals surface area contributed by atoms with E-state index in [0.717, 1.165) is 54.6 Å². The molecule has 1 aliphatic rings. The second kappa shape index (κ2) is 8.88. The Hall–Kier alpha value is -2.51. The Morgan fingerprint density at radius 3 is 3.00 bits per heavy atom. The summed E-state index contributed by atoms with van der Waals surface area (Å²) in [7, 11) is 0. The zero-order chi connectivity index (χ0) is 20.2. The lowest BCUT2D eigenvalue weighted by Crippen LogP contribution is -2.40. The van der Waals surface area contributed by atoms with Crippen LogP contribution in [0, 0.1) is 5.92 Å². The first-order chi connectivity index (χ1) is 14.1. The minimum atomic E-state index is 0.00152. The SMILES string of the molecule is CC(C)c1csc(CN2CCCC(C(=O)Nc3cccc(-n4cccn4)c3)C2)n1. The van der Waals surface area contributed by atoms with Crippen molar-refractivity contribution in [3.8, 4) is 5.69 Å². The van der Waals surface area contributed by atoms with Crippen LogP contribution in [0.25, 0.3) is 5.69 Å². The first-order valence-electron chi connectivity index (χ1n) is 10.2. The van der Waals surface area contributed by atoms with Gasteiger partial charge in [-0.15, -0.1) is 11.3 Å². The van der Waals surface area contributed by atoms with Gasteiger partial charge in [0.05, 0.1) is 23.8 Å². The fourth-order valence-electron chi connectivity index (χ4n) is 3.66.